The average Bonchev–Trinajstić information content (AvgIpc) is 3.41. The molecule has 3 aromatic heterocycles. The Bertz CT molecular complexity index is 1270. The van der Waals surface area contributed by atoms with Crippen LogP contribution in [0, 0.1) is 0 Å². The minimum Gasteiger partial charge on any atom is -0.399 e. The Morgan fingerprint density at radius 2 is 2.00 bits per heavy atom. The van der Waals surface area contributed by atoms with Gasteiger partial charge in [0, 0.05) is 37.7 Å². The van der Waals surface area contributed by atoms with Crippen molar-refractivity contribution < 1.29 is 0 Å². The summed E-state index contributed by atoms with van der Waals surface area (Å²) in [5.74, 6) is 1.31. The summed E-state index contributed by atoms with van der Waals surface area (Å²) in [7, 11) is 0. The molecule has 0 radical (unpaired) electrons. The van der Waals surface area contributed by atoms with Crippen LogP contribution in [0.3, 0.4) is 0 Å². The Balaban J connectivity index is 1.68. The highest BCUT2D eigenvalue weighted by molar-refractivity contribution is 5.84. The van der Waals surface area contributed by atoms with Gasteiger partial charge in [-0.1, -0.05) is 18.2 Å². The van der Waals surface area contributed by atoms with Crippen molar-refractivity contribution in [3.8, 4) is 0 Å². The number of rotatable bonds is 4. The SMILES string of the molecule is Nc1ccc2c(c1)c(=O)n(CC=Cc1cccnc1)c1nnc(N3CCCC3)n21. The molecule has 1 aromatic carbocycles. The maximum Gasteiger partial charge on any atom is 0.263 e. The second-order valence-electron chi connectivity index (χ2n) is 7.21. The highest BCUT2D eigenvalue weighted by Crippen LogP contribution is 2.24. The topological polar surface area (TPSA) is 94.3 Å². The van der Waals surface area contributed by atoms with E-state index >= 15 is 0 Å². The molecular formula is C21H21N7O. The van der Waals surface area contributed by atoms with Gasteiger partial charge < -0.3 is 10.6 Å². The predicted octanol–water partition coefficient (Wildman–Crippen LogP) is 2.33. The van der Waals surface area contributed by atoms with E-state index in [0.717, 1.165) is 43.0 Å². The Morgan fingerprint density at radius 3 is 2.79 bits per heavy atom. The van der Waals surface area contributed by atoms with E-state index in [1.807, 2.05) is 40.8 Å². The van der Waals surface area contributed by atoms with Crippen LogP contribution in [0.15, 0.2) is 53.6 Å². The number of nitrogens with two attached hydrogens (primary N) is 1. The number of pyridine rings is 1. The Labute approximate surface area is 166 Å². The first-order valence-corrected chi connectivity index (χ1v) is 9.71. The largest absolute Gasteiger partial charge is 0.399 e. The first-order valence-electron chi connectivity index (χ1n) is 9.71. The van der Waals surface area contributed by atoms with E-state index in [1.54, 1.807) is 23.0 Å². The van der Waals surface area contributed by atoms with Gasteiger partial charge in [-0.15, -0.1) is 10.2 Å². The zero-order valence-corrected chi connectivity index (χ0v) is 15.9. The van der Waals surface area contributed by atoms with Gasteiger partial charge in [0.15, 0.2) is 0 Å². The van der Waals surface area contributed by atoms with Gasteiger partial charge in [-0.2, -0.15) is 0 Å². The first kappa shape index (κ1) is 17.4. The minimum absolute atomic E-state index is 0.129. The van der Waals surface area contributed by atoms with Crippen LogP contribution in [0.2, 0.25) is 0 Å². The number of nitrogens with zero attached hydrogens (tertiary/aromatic N) is 6. The van der Waals surface area contributed by atoms with Crippen LogP contribution in [0.5, 0.6) is 0 Å². The normalized spacial score (nSPS) is 14.6. The van der Waals surface area contributed by atoms with Crippen molar-refractivity contribution in [1.82, 2.24) is 24.1 Å². The number of anilines is 2. The summed E-state index contributed by atoms with van der Waals surface area (Å²) in [6.07, 6.45) is 9.65. The van der Waals surface area contributed by atoms with E-state index in [1.165, 1.54) is 0 Å². The molecule has 146 valence electrons. The van der Waals surface area contributed by atoms with Gasteiger partial charge in [0.2, 0.25) is 11.7 Å². The van der Waals surface area contributed by atoms with Crippen molar-refractivity contribution in [3.63, 3.8) is 0 Å². The van der Waals surface area contributed by atoms with E-state index in [2.05, 4.69) is 20.1 Å². The van der Waals surface area contributed by atoms with Gasteiger partial charge in [-0.25, -0.2) is 4.40 Å². The molecule has 0 atom stereocenters. The van der Waals surface area contributed by atoms with Crippen molar-refractivity contribution in [2.45, 2.75) is 19.4 Å². The molecule has 8 nitrogen and oxygen atoms in total. The summed E-state index contributed by atoms with van der Waals surface area (Å²) >= 11 is 0. The molecule has 0 unspecified atom stereocenters. The molecule has 0 amide bonds. The lowest BCUT2D eigenvalue weighted by atomic mass is 10.2. The van der Waals surface area contributed by atoms with Crippen molar-refractivity contribution in [2.75, 3.05) is 23.7 Å². The van der Waals surface area contributed by atoms with Crippen molar-refractivity contribution in [1.29, 1.82) is 0 Å². The van der Waals surface area contributed by atoms with Crippen LogP contribution < -0.4 is 16.2 Å². The Kier molecular flexibility index (Phi) is 4.23. The summed E-state index contributed by atoms with van der Waals surface area (Å²) < 4.78 is 3.61. The molecule has 1 aliphatic rings. The smallest absolute Gasteiger partial charge is 0.263 e. The van der Waals surface area contributed by atoms with Crippen LogP contribution in [-0.2, 0) is 6.54 Å². The number of allylic oxidation sites excluding steroid dienone is 1. The number of hydrogen-bond donors (Lipinski definition) is 1. The molecule has 8 heteroatoms. The number of benzene rings is 1. The molecule has 0 bridgehead atoms. The van der Waals surface area contributed by atoms with E-state index in [4.69, 9.17) is 5.73 Å². The summed E-state index contributed by atoms with van der Waals surface area (Å²) in [6, 6.07) is 9.25. The molecule has 5 rings (SSSR count). The molecule has 1 saturated heterocycles. The molecule has 0 aliphatic carbocycles. The molecule has 4 aromatic rings. The fourth-order valence-electron chi connectivity index (χ4n) is 3.87. The van der Waals surface area contributed by atoms with Gasteiger partial charge in [-0.3, -0.25) is 14.3 Å². The third kappa shape index (κ3) is 3.02. The molecule has 0 spiro atoms. The fraction of sp³-hybridized carbons (Fsp3) is 0.238. The van der Waals surface area contributed by atoms with Crippen molar-refractivity contribution in [2.24, 2.45) is 0 Å². The summed E-state index contributed by atoms with van der Waals surface area (Å²) in [6.45, 7) is 2.26. The van der Waals surface area contributed by atoms with Gasteiger partial charge in [0.05, 0.1) is 10.9 Å². The summed E-state index contributed by atoms with van der Waals surface area (Å²) in [5.41, 5.74) is 8.16. The van der Waals surface area contributed by atoms with Crippen LogP contribution >= 0.6 is 0 Å². The monoisotopic (exact) mass is 387 g/mol. The zero-order chi connectivity index (χ0) is 19.8. The zero-order valence-electron chi connectivity index (χ0n) is 15.9. The quantitative estimate of drug-likeness (QED) is 0.540. The van der Waals surface area contributed by atoms with E-state index in [-0.39, 0.29) is 5.56 Å². The first-order chi connectivity index (χ1) is 14.2. The predicted molar refractivity (Wildman–Crippen MR) is 114 cm³/mol. The van der Waals surface area contributed by atoms with Gasteiger partial charge >= 0.3 is 0 Å². The van der Waals surface area contributed by atoms with Crippen molar-refractivity contribution in [3.05, 3.63) is 64.7 Å². The Hall–Kier alpha value is -3.68. The highest BCUT2D eigenvalue weighted by atomic mass is 16.1. The van der Waals surface area contributed by atoms with Gasteiger partial charge in [-0.05, 0) is 42.7 Å². The van der Waals surface area contributed by atoms with Crippen LogP contribution in [0.4, 0.5) is 11.6 Å². The van der Waals surface area contributed by atoms with Crippen LogP contribution in [0.25, 0.3) is 22.8 Å². The average molecular weight is 387 g/mol. The number of fused-ring (bicyclic) bond motifs is 3. The van der Waals surface area contributed by atoms with Gasteiger partial charge in [0.1, 0.15) is 0 Å². The standard InChI is InChI=1S/C21H21N7O/c22-16-7-8-18-17(13-16)19(29)27(12-4-6-15-5-3-9-23-14-15)21-25-24-20(28(18)21)26-10-1-2-11-26/h3-9,13-14H,1-2,10-12,22H2. The van der Waals surface area contributed by atoms with E-state index in [9.17, 15) is 4.79 Å². The molecular weight excluding hydrogens is 366 g/mol. The third-order valence-electron chi connectivity index (χ3n) is 5.28. The lowest BCUT2D eigenvalue weighted by Gasteiger charge is -2.16. The van der Waals surface area contributed by atoms with Crippen molar-refractivity contribution >= 4 is 34.4 Å². The van der Waals surface area contributed by atoms with Gasteiger partial charge in [0.25, 0.3) is 5.56 Å². The number of aromatic nitrogens is 5. The number of hydrogen-bond acceptors (Lipinski definition) is 6. The van der Waals surface area contributed by atoms with Crippen LogP contribution in [0.1, 0.15) is 18.4 Å². The molecule has 0 saturated carbocycles. The number of nitrogen functional groups attached to an aromatic ring is 1. The molecule has 1 aliphatic heterocycles. The second kappa shape index (κ2) is 7.05. The highest BCUT2D eigenvalue weighted by Gasteiger charge is 2.22. The minimum atomic E-state index is -0.129. The maximum absolute atomic E-state index is 13.2. The Morgan fingerprint density at radius 1 is 1.14 bits per heavy atom. The molecule has 2 N–H and O–H groups in total. The lowest BCUT2D eigenvalue weighted by molar-refractivity contribution is 0.786. The van der Waals surface area contributed by atoms with Crippen LogP contribution in [-0.4, -0.2) is 37.2 Å². The lowest BCUT2D eigenvalue weighted by Crippen LogP contribution is -2.25. The van der Waals surface area contributed by atoms with E-state index < -0.39 is 0 Å². The summed E-state index contributed by atoms with van der Waals surface area (Å²) in [4.78, 5) is 19.6. The third-order valence-corrected chi connectivity index (χ3v) is 5.28. The maximum atomic E-state index is 13.2. The summed E-state index contributed by atoms with van der Waals surface area (Å²) in [5, 5.41) is 9.37. The fourth-order valence-corrected chi connectivity index (χ4v) is 3.87. The molecule has 1 fully saturated rings. The molecule has 29 heavy (non-hydrogen) atoms. The second-order valence-corrected chi connectivity index (χ2v) is 7.21. The molecule has 4 heterocycles. The van der Waals surface area contributed by atoms with E-state index in [0.29, 0.717) is 23.4 Å².